The van der Waals surface area contributed by atoms with Gasteiger partial charge in [-0.15, -0.1) is 0 Å². The summed E-state index contributed by atoms with van der Waals surface area (Å²) in [6, 6.07) is 1.55. The molecule has 2 heterocycles. The average molecular weight is 224 g/mol. The molecule has 0 saturated carbocycles. The van der Waals surface area contributed by atoms with Gasteiger partial charge < -0.3 is 5.32 Å². The highest BCUT2D eigenvalue weighted by molar-refractivity contribution is 4.83. The lowest BCUT2D eigenvalue weighted by molar-refractivity contribution is 0.101. The molecule has 3 unspecified atom stereocenters. The van der Waals surface area contributed by atoms with E-state index < -0.39 is 0 Å². The minimum absolute atomic E-state index is 0.759. The van der Waals surface area contributed by atoms with Crippen LogP contribution in [0.1, 0.15) is 52.4 Å². The molecule has 2 saturated heterocycles. The van der Waals surface area contributed by atoms with Crippen LogP contribution in [0.15, 0.2) is 0 Å². The lowest BCUT2D eigenvalue weighted by Gasteiger charge is -2.39. The first-order chi connectivity index (χ1) is 7.77. The summed E-state index contributed by atoms with van der Waals surface area (Å²) in [5.74, 6) is 0.888. The molecule has 0 bridgehead atoms. The van der Waals surface area contributed by atoms with Gasteiger partial charge in [-0.05, 0) is 51.6 Å². The summed E-state index contributed by atoms with van der Waals surface area (Å²) in [5, 5.41) is 3.72. The number of nitrogens with one attached hydrogen (secondary N) is 1. The fourth-order valence-corrected chi connectivity index (χ4v) is 3.22. The molecule has 2 aliphatic heterocycles. The van der Waals surface area contributed by atoms with E-state index in [1.165, 1.54) is 58.2 Å². The predicted molar refractivity (Wildman–Crippen MR) is 69.7 cm³/mol. The van der Waals surface area contributed by atoms with Gasteiger partial charge in [-0.3, -0.25) is 4.90 Å². The highest BCUT2D eigenvalue weighted by Crippen LogP contribution is 2.23. The SMILES string of the molecule is CC1CCCN(CC2CCCCCN2)C1C. The van der Waals surface area contributed by atoms with E-state index in [0.717, 1.165) is 18.0 Å². The van der Waals surface area contributed by atoms with Gasteiger partial charge in [-0.2, -0.15) is 0 Å². The van der Waals surface area contributed by atoms with Gasteiger partial charge in [-0.25, -0.2) is 0 Å². The van der Waals surface area contributed by atoms with Crippen molar-refractivity contribution < 1.29 is 0 Å². The van der Waals surface area contributed by atoms with Crippen molar-refractivity contribution in [3.05, 3.63) is 0 Å². The van der Waals surface area contributed by atoms with Crippen LogP contribution in [-0.4, -0.2) is 36.6 Å². The van der Waals surface area contributed by atoms with Gasteiger partial charge in [-0.1, -0.05) is 19.8 Å². The van der Waals surface area contributed by atoms with E-state index in [-0.39, 0.29) is 0 Å². The van der Waals surface area contributed by atoms with Crippen LogP contribution >= 0.6 is 0 Å². The quantitative estimate of drug-likeness (QED) is 0.776. The molecule has 0 spiro atoms. The summed E-state index contributed by atoms with van der Waals surface area (Å²) >= 11 is 0. The number of piperidine rings is 1. The van der Waals surface area contributed by atoms with Crippen LogP contribution in [-0.2, 0) is 0 Å². The minimum Gasteiger partial charge on any atom is -0.313 e. The Labute approximate surface area is 101 Å². The van der Waals surface area contributed by atoms with Gasteiger partial charge in [0.15, 0.2) is 0 Å². The molecular formula is C14H28N2. The van der Waals surface area contributed by atoms with Gasteiger partial charge in [0.05, 0.1) is 0 Å². The van der Waals surface area contributed by atoms with E-state index in [1.54, 1.807) is 0 Å². The number of hydrogen-bond donors (Lipinski definition) is 1. The monoisotopic (exact) mass is 224 g/mol. The molecule has 0 aromatic carbocycles. The molecule has 2 rings (SSSR count). The first-order valence-corrected chi connectivity index (χ1v) is 7.25. The van der Waals surface area contributed by atoms with Crippen LogP contribution in [0, 0.1) is 5.92 Å². The molecule has 0 radical (unpaired) electrons. The van der Waals surface area contributed by atoms with Crippen molar-refractivity contribution in [1.29, 1.82) is 0 Å². The zero-order valence-electron chi connectivity index (χ0n) is 11.0. The Balaban J connectivity index is 1.82. The molecule has 1 N–H and O–H groups in total. The van der Waals surface area contributed by atoms with E-state index in [0.29, 0.717) is 0 Å². The number of hydrogen-bond acceptors (Lipinski definition) is 2. The van der Waals surface area contributed by atoms with Crippen LogP contribution in [0.4, 0.5) is 0 Å². The molecule has 94 valence electrons. The Bertz CT molecular complexity index is 197. The third-order valence-corrected chi connectivity index (χ3v) is 4.62. The van der Waals surface area contributed by atoms with Gasteiger partial charge in [0.25, 0.3) is 0 Å². The summed E-state index contributed by atoms with van der Waals surface area (Å²) in [7, 11) is 0. The second kappa shape index (κ2) is 6.02. The highest BCUT2D eigenvalue weighted by atomic mass is 15.2. The van der Waals surface area contributed by atoms with Crippen LogP contribution in [0.5, 0.6) is 0 Å². The fraction of sp³-hybridized carbons (Fsp3) is 1.00. The van der Waals surface area contributed by atoms with E-state index in [2.05, 4.69) is 24.1 Å². The molecule has 2 heteroatoms. The maximum absolute atomic E-state index is 3.72. The maximum Gasteiger partial charge on any atom is 0.0195 e. The summed E-state index contributed by atoms with van der Waals surface area (Å²) in [6.45, 7) is 8.68. The molecule has 2 fully saturated rings. The summed E-state index contributed by atoms with van der Waals surface area (Å²) in [6.07, 6.45) is 8.44. The largest absolute Gasteiger partial charge is 0.313 e. The summed E-state index contributed by atoms with van der Waals surface area (Å²) in [5.41, 5.74) is 0. The van der Waals surface area contributed by atoms with Crippen LogP contribution in [0.25, 0.3) is 0 Å². The first-order valence-electron chi connectivity index (χ1n) is 7.25. The smallest absolute Gasteiger partial charge is 0.0195 e. The lowest BCUT2D eigenvalue weighted by atomic mass is 9.91. The maximum atomic E-state index is 3.72. The van der Waals surface area contributed by atoms with Gasteiger partial charge in [0.1, 0.15) is 0 Å². The third-order valence-electron chi connectivity index (χ3n) is 4.62. The van der Waals surface area contributed by atoms with Crippen molar-refractivity contribution in [3.63, 3.8) is 0 Å². The molecule has 16 heavy (non-hydrogen) atoms. The van der Waals surface area contributed by atoms with E-state index in [9.17, 15) is 0 Å². The standard InChI is InChI=1S/C14H28N2/c1-12-7-6-10-16(13(12)2)11-14-8-4-3-5-9-15-14/h12-15H,3-11H2,1-2H3. The highest BCUT2D eigenvalue weighted by Gasteiger charge is 2.26. The van der Waals surface area contributed by atoms with Crippen molar-refractivity contribution in [1.82, 2.24) is 10.2 Å². The van der Waals surface area contributed by atoms with Crippen LogP contribution < -0.4 is 5.32 Å². The second-order valence-electron chi connectivity index (χ2n) is 5.86. The van der Waals surface area contributed by atoms with Crippen molar-refractivity contribution >= 4 is 0 Å². The van der Waals surface area contributed by atoms with E-state index in [1.807, 2.05) is 0 Å². The summed E-state index contributed by atoms with van der Waals surface area (Å²) in [4.78, 5) is 2.72. The summed E-state index contributed by atoms with van der Waals surface area (Å²) < 4.78 is 0. The topological polar surface area (TPSA) is 15.3 Å². The van der Waals surface area contributed by atoms with Gasteiger partial charge >= 0.3 is 0 Å². The Morgan fingerprint density at radius 1 is 1.06 bits per heavy atom. The Hall–Kier alpha value is -0.0800. The lowest BCUT2D eigenvalue weighted by Crippen LogP contribution is -2.49. The predicted octanol–water partition coefficient (Wildman–Crippen LogP) is 2.64. The number of nitrogens with zero attached hydrogens (tertiary/aromatic N) is 1. The Kier molecular flexibility index (Phi) is 4.66. The number of rotatable bonds is 2. The Morgan fingerprint density at radius 2 is 1.94 bits per heavy atom. The average Bonchev–Trinajstić information content (AvgIpc) is 2.53. The molecule has 2 aliphatic rings. The van der Waals surface area contributed by atoms with Crippen molar-refractivity contribution in [2.24, 2.45) is 5.92 Å². The molecule has 2 nitrogen and oxygen atoms in total. The van der Waals surface area contributed by atoms with E-state index >= 15 is 0 Å². The fourth-order valence-electron chi connectivity index (χ4n) is 3.22. The van der Waals surface area contributed by atoms with Crippen molar-refractivity contribution in [2.45, 2.75) is 64.5 Å². The number of likely N-dealkylation sites (tertiary alicyclic amines) is 1. The molecule has 3 atom stereocenters. The van der Waals surface area contributed by atoms with Gasteiger partial charge in [0, 0.05) is 18.6 Å². The minimum atomic E-state index is 0.759. The zero-order chi connectivity index (χ0) is 11.4. The second-order valence-corrected chi connectivity index (χ2v) is 5.86. The first kappa shape index (κ1) is 12.4. The zero-order valence-corrected chi connectivity index (χ0v) is 11.0. The molecule has 0 aromatic heterocycles. The van der Waals surface area contributed by atoms with E-state index in [4.69, 9.17) is 0 Å². The van der Waals surface area contributed by atoms with Crippen molar-refractivity contribution in [2.75, 3.05) is 19.6 Å². The van der Waals surface area contributed by atoms with Crippen molar-refractivity contribution in [3.8, 4) is 0 Å². The molecule has 0 aromatic rings. The third kappa shape index (κ3) is 3.21. The molecule has 0 amide bonds. The van der Waals surface area contributed by atoms with Crippen LogP contribution in [0.2, 0.25) is 0 Å². The van der Waals surface area contributed by atoms with Gasteiger partial charge in [0.2, 0.25) is 0 Å². The molecule has 0 aliphatic carbocycles. The molecular weight excluding hydrogens is 196 g/mol. The Morgan fingerprint density at radius 3 is 2.81 bits per heavy atom. The normalized spacial score (nSPS) is 38.2. The van der Waals surface area contributed by atoms with Crippen LogP contribution in [0.3, 0.4) is 0 Å².